The second-order valence-electron chi connectivity index (χ2n) is 7.26. The van der Waals surface area contributed by atoms with E-state index < -0.39 is 17.4 Å². The second-order valence-corrected chi connectivity index (χ2v) is 7.26. The monoisotopic (exact) mass is 393 g/mol. The number of H-pyrrole nitrogens is 1. The number of anilines is 2. The van der Waals surface area contributed by atoms with E-state index in [1.165, 1.54) is 0 Å². The Balaban J connectivity index is 1.78. The van der Waals surface area contributed by atoms with E-state index in [1.807, 2.05) is 30.0 Å². The predicted molar refractivity (Wildman–Crippen MR) is 109 cm³/mol. The first-order valence-corrected chi connectivity index (χ1v) is 9.96. The number of carbonyl (C=O) groups is 2. The van der Waals surface area contributed by atoms with Gasteiger partial charge in [0, 0.05) is 24.4 Å². The zero-order chi connectivity index (χ0) is 20.4. The molecule has 2 aliphatic heterocycles. The van der Waals surface area contributed by atoms with Crippen molar-refractivity contribution >= 4 is 29.0 Å². The number of nitrogens with one attached hydrogen (secondary N) is 2. The molecule has 0 bridgehead atoms. The van der Waals surface area contributed by atoms with Crippen LogP contribution in [0, 0.1) is 0 Å². The van der Waals surface area contributed by atoms with E-state index >= 15 is 0 Å². The summed E-state index contributed by atoms with van der Waals surface area (Å²) in [6.45, 7) is 3.58. The summed E-state index contributed by atoms with van der Waals surface area (Å²) in [6, 6.07) is 7.45. The number of aryl methyl sites for hydroxylation is 1. The summed E-state index contributed by atoms with van der Waals surface area (Å²) in [5.41, 5.74) is 1.32. The van der Waals surface area contributed by atoms with Gasteiger partial charge in [0.15, 0.2) is 5.49 Å². The van der Waals surface area contributed by atoms with Crippen molar-refractivity contribution in [2.75, 3.05) is 23.3 Å². The van der Waals surface area contributed by atoms with Crippen molar-refractivity contribution in [1.82, 2.24) is 9.97 Å². The third kappa shape index (κ3) is 3.83. The molecule has 0 unspecified atom stereocenters. The van der Waals surface area contributed by atoms with Gasteiger partial charge in [-0.3, -0.25) is 19.4 Å². The van der Waals surface area contributed by atoms with Crippen LogP contribution in [0.4, 0.5) is 11.6 Å². The van der Waals surface area contributed by atoms with Crippen LogP contribution < -0.4 is 26.5 Å². The standard InChI is InChI=1S/C21H23N5O3/c1-2-13-8-4-5-9-15(13)22-19(28)14-12-16(27)23-18-17(14)20(29)25-21(24-18)26-10-6-3-7-11-26/h4-5,8-9H,2-3,6-7,10-12H2,1H3,(H,22,28)(H,23,24,25,27,29). The first-order chi connectivity index (χ1) is 14.1. The Morgan fingerprint density at radius 2 is 1.93 bits per heavy atom. The molecule has 0 saturated carbocycles. The summed E-state index contributed by atoms with van der Waals surface area (Å²) in [5.74, 6) is -0.550. The molecule has 0 radical (unpaired) electrons. The summed E-state index contributed by atoms with van der Waals surface area (Å²) in [6.07, 6.45) is 3.71. The van der Waals surface area contributed by atoms with Crippen molar-refractivity contribution in [2.45, 2.75) is 39.0 Å². The molecule has 2 aromatic rings. The van der Waals surface area contributed by atoms with Gasteiger partial charge in [0.05, 0.1) is 11.6 Å². The highest BCUT2D eigenvalue weighted by Crippen LogP contribution is 2.18. The Bertz CT molecular complexity index is 1150. The molecule has 0 spiro atoms. The van der Waals surface area contributed by atoms with E-state index in [0.29, 0.717) is 11.6 Å². The number of piperidine rings is 1. The molecule has 150 valence electrons. The van der Waals surface area contributed by atoms with Crippen molar-refractivity contribution in [3.63, 3.8) is 0 Å². The first kappa shape index (κ1) is 19.0. The smallest absolute Gasteiger partial charge is 0.262 e. The number of hydrogen-bond acceptors (Lipinski definition) is 5. The molecular formula is C21H23N5O3. The van der Waals surface area contributed by atoms with Gasteiger partial charge < -0.3 is 10.2 Å². The maximum atomic E-state index is 12.9. The minimum atomic E-state index is -0.478. The molecule has 2 aliphatic rings. The van der Waals surface area contributed by atoms with Gasteiger partial charge in [-0.25, -0.2) is 0 Å². The molecule has 1 aromatic heterocycles. The van der Waals surface area contributed by atoms with Gasteiger partial charge in [-0.1, -0.05) is 25.1 Å². The quantitative estimate of drug-likeness (QED) is 0.794. The molecule has 3 heterocycles. The largest absolute Gasteiger partial charge is 0.342 e. The van der Waals surface area contributed by atoms with Crippen molar-refractivity contribution < 1.29 is 9.59 Å². The van der Waals surface area contributed by atoms with Gasteiger partial charge in [-0.15, -0.1) is 0 Å². The highest BCUT2D eigenvalue weighted by Gasteiger charge is 2.24. The van der Waals surface area contributed by atoms with Gasteiger partial charge in [0.1, 0.15) is 0 Å². The number of carbonyl (C=O) groups excluding carboxylic acids is 2. The Morgan fingerprint density at radius 1 is 1.17 bits per heavy atom. The predicted octanol–water partition coefficient (Wildman–Crippen LogP) is 0.662. The normalized spacial score (nSPS) is 16.2. The lowest BCUT2D eigenvalue weighted by molar-refractivity contribution is -0.118. The Labute approximate surface area is 167 Å². The molecule has 8 heteroatoms. The van der Waals surface area contributed by atoms with E-state index in [4.69, 9.17) is 0 Å². The first-order valence-electron chi connectivity index (χ1n) is 9.96. The molecule has 29 heavy (non-hydrogen) atoms. The number of fused-ring (bicyclic) bond motifs is 1. The summed E-state index contributed by atoms with van der Waals surface area (Å²) in [7, 11) is 0. The Morgan fingerprint density at radius 3 is 2.69 bits per heavy atom. The van der Waals surface area contributed by atoms with Crippen LogP contribution in [0.2, 0.25) is 0 Å². The lowest BCUT2D eigenvalue weighted by Gasteiger charge is -2.26. The van der Waals surface area contributed by atoms with Crippen LogP contribution in [0.3, 0.4) is 0 Å². The lowest BCUT2D eigenvalue weighted by atomic mass is 10.1. The van der Waals surface area contributed by atoms with Crippen LogP contribution in [0.15, 0.2) is 34.1 Å². The molecule has 0 atom stereocenters. The topological polar surface area (TPSA) is 108 Å². The van der Waals surface area contributed by atoms with Crippen LogP contribution >= 0.6 is 0 Å². The number of rotatable bonds is 4. The average Bonchev–Trinajstić information content (AvgIpc) is 2.73. The zero-order valence-electron chi connectivity index (χ0n) is 16.3. The molecule has 8 nitrogen and oxygen atoms in total. The van der Waals surface area contributed by atoms with Crippen LogP contribution in [-0.2, 0) is 16.0 Å². The number of hydrogen-bond donors (Lipinski definition) is 2. The maximum absolute atomic E-state index is 12.9. The number of benzene rings is 1. The fourth-order valence-corrected chi connectivity index (χ4v) is 3.80. The highest BCUT2D eigenvalue weighted by molar-refractivity contribution is 6.23. The SMILES string of the molecule is CCc1ccccc1NC(=O)C1=c2c(nc(N3CCCCC3)[nH]c2=O)=NC(=O)C1. The number of aromatic nitrogens is 2. The summed E-state index contributed by atoms with van der Waals surface area (Å²) in [4.78, 5) is 51.1. The van der Waals surface area contributed by atoms with Gasteiger partial charge in [0.2, 0.25) is 5.95 Å². The summed E-state index contributed by atoms with van der Waals surface area (Å²) < 4.78 is 0. The fourth-order valence-electron chi connectivity index (χ4n) is 3.80. The van der Waals surface area contributed by atoms with Crippen molar-refractivity contribution in [2.24, 2.45) is 4.99 Å². The van der Waals surface area contributed by atoms with Gasteiger partial charge in [0.25, 0.3) is 17.4 Å². The molecule has 1 fully saturated rings. The second kappa shape index (κ2) is 7.98. The molecule has 0 aliphatic carbocycles. The molecule has 2 amide bonds. The van der Waals surface area contributed by atoms with Crippen LogP contribution in [0.1, 0.15) is 38.2 Å². The van der Waals surface area contributed by atoms with Crippen LogP contribution in [-0.4, -0.2) is 34.9 Å². The number of aromatic amines is 1. The third-order valence-electron chi connectivity index (χ3n) is 5.32. The van der Waals surface area contributed by atoms with Crippen molar-refractivity contribution in [3.05, 3.63) is 50.9 Å². The number of amides is 2. The van der Waals surface area contributed by atoms with E-state index in [-0.39, 0.29) is 22.7 Å². The maximum Gasteiger partial charge on any atom is 0.262 e. The highest BCUT2D eigenvalue weighted by atomic mass is 16.2. The number of nitrogens with zero attached hydrogens (tertiary/aromatic N) is 3. The van der Waals surface area contributed by atoms with Crippen molar-refractivity contribution in [3.8, 4) is 0 Å². The molecule has 4 rings (SSSR count). The van der Waals surface area contributed by atoms with Gasteiger partial charge in [-0.2, -0.15) is 9.98 Å². The van der Waals surface area contributed by atoms with E-state index in [2.05, 4.69) is 20.3 Å². The fraction of sp³-hybridized carbons (Fsp3) is 0.381. The zero-order valence-corrected chi connectivity index (χ0v) is 16.3. The van der Waals surface area contributed by atoms with Gasteiger partial charge in [-0.05, 0) is 37.3 Å². The van der Waals surface area contributed by atoms with Gasteiger partial charge >= 0.3 is 0 Å². The van der Waals surface area contributed by atoms with E-state index in [0.717, 1.165) is 44.3 Å². The van der Waals surface area contributed by atoms with Crippen LogP contribution in [0.25, 0.3) is 5.57 Å². The molecule has 2 N–H and O–H groups in total. The van der Waals surface area contributed by atoms with E-state index in [1.54, 1.807) is 6.07 Å². The third-order valence-corrected chi connectivity index (χ3v) is 5.32. The average molecular weight is 393 g/mol. The minimum absolute atomic E-state index is 0.0273. The van der Waals surface area contributed by atoms with Crippen molar-refractivity contribution in [1.29, 1.82) is 0 Å². The lowest BCUT2D eigenvalue weighted by Crippen LogP contribution is -2.50. The summed E-state index contributed by atoms with van der Waals surface area (Å²) >= 11 is 0. The Kier molecular flexibility index (Phi) is 5.24. The minimum Gasteiger partial charge on any atom is -0.342 e. The van der Waals surface area contributed by atoms with E-state index in [9.17, 15) is 14.4 Å². The summed E-state index contributed by atoms with van der Waals surface area (Å²) in [5, 5.41) is 2.92. The molecule has 1 aromatic carbocycles. The molecule has 1 saturated heterocycles. The number of para-hydroxylation sites is 1. The van der Waals surface area contributed by atoms with Crippen LogP contribution in [0.5, 0.6) is 0 Å². The Hall–Kier alpha value is -3.29. The molecular weight excluding hydrogens is 370 g/mol.